The molecule has 0 aromatic carbocycles. The van der Waals surface area contributed by atoms with Gasteiger partial charge in [-0.05, 0) is 20.8 Å². The summed E-state index contributed by atoms with van der Waals surface area (Å²) in [7, 11) is 2.84. The molecule has 0 fully saturated rings. The van der Waals surface area contributed by atoms with Crippen LogP contribution < -0.4 is 0 Å². The first kappa shape index (κ1) is 15.3. The molecule has 1 atom stereocenters. The average molecular weight is 234 g/mol. The smallest absolute Gasteiger partial charge is 0.313 e. The van der Waals surface area contributed by atoms with Gasteiger partial charge in [-0.15, -0.1) is 0 Å². The van der Waals surface area contributed by atoms with Gasteiger partial charge in [0, 0.05) is 20.6 Å². The van der Waals surface area contributed by atoms with Crippen molar-refractivity contribution in [1.29, 1.82) is 0 Å². The number of carbonyl (C=O) groups excluding carboxylic acids is 1. The summed E-state index contributed by atoms with van der Waals surface area (Å²) in [6, 6.07) is 0. The van der Waals surface area contributed by atoms with E-state index in [1.165, 1.54) is 14.2 Å². The van der Waals surface area contributed by atoms with Crippen molar-refractivity contribution in [2.45, 2.75) is 33.7 Å². The third kappa shape index (κ3) is 4.47. The third-order valence-electron chi connectivity index (χ3n) is 2.21. The number of hydrogen-bond donors (Lipinski definition) is 0. The molecule has 0 rings (SSSR count). The lowest BCUT2D eigenvalue weighted by Crippen LogP contribution is -2.40. The van der Waals surface area contributed by atoms with Crippen molar-refractivity contribution in [2.24, 2.45) is 5.41 Å². The maximum Gasteiger partial charge on any atom is 0.313 e. The summed E-state index contributed by atoms with van der Waals surface area (Å²) < 4.78 is 20.5. The molecule has 5 heteroatoms. The van der Waals surface area contributed by atoms with E-state index in [0.717, 1.165) is 0 Å². The molecule has 0 radical (unpaired) electrons. The summed E-state index contributed by atoms with van der Waals surface area (Å²) in [6.07, 6.45) is 0. The van der Waals surface area contributed by atoms with Crippen LogP contribution in [0.2, 0.25) is 0 Å². The molecule has 0 N–H and O–H groups in total. The molecule has 0 heterocycles. The van der Waals surface area contributed by atoms with Crippen molar-refractivity contribution in [2.75, 3.05) is 27.4 Å². The Bertz CT molecular complexity index is 226. The van der Waals surface area contributed by atoms with Crippen molar-refractivity contribution in [3.05, 3.63) is 0 Å². The minimum atomic E-state index is -1.12. The fraction of sp³-hybridized carbons (Fsp3) is 0.909. The van der Waals surface area contributed by atoms with Crippen LogP contribution in [0.25, 0.3) is 0 Å². The predicted molar refractivity (Wildman–Crippen MR) is 58.8 cm³/mol. The maximum absolute atomic E-state index is 11.4. The summed E-state index contributed by atoms with van der Waals surface area (Å²) in [4.78, 5) is 11.4. The Labute approximate surface area is 97.0 Å². The Morgan fingerprint density at radius 2 is 1.69 bits per heavy atom. The highest BCUT2D eigenvalue weighted by Crippen LogP contribution is 2.22. The molecule has 0 aromatic rings. The molecule has 0 bridgehead atoms. The van der Waals surface area contributed by atoms with Crippen LogP contribution in [0.15, 0.2) is 0 Å². The molecule has 0 saturated heterocycles. The minimum Gasteiger partial charge on any atom is -0.469 e. The second-order valence-electron chi connectivity index (χ2n) is 4.16. The lowest BCUT2D eigenvalue weighted by atomic mass is 9.95. The van der Waals surface area contributed by atoms with Crippen LogP contribution in [0.3, 0.4) is 0 Å². The van der Waals surface area contributed by atoms with E-state index in [1.807, 2.05) is 6.92 Å². The predicted octanol–water partition coefficient (Wildman–Crippen LogP) is 1.56. The summed E-state index contributed by atoms with van der Waals surface area (Å²) >= 11 is 0. The zero-order valence-electron chi connectivity index (χ0n) is 11.0. The Balaban J connectivity index is 4.35. The third-order valence-corrected chi connectivity index (χ3v) is 2.21. The van der Waals surface area contributed by atoms with E-state index in [4.69, 9.17) is 14.2 Å². The summed E-state index contributed by atoms with van der Waals surface area (Å²) in [6.45, 7) is 7.59. The van der Waals surface area contributed by atoms with Gasteiger partial charge in [0.2, 0.25) is 0 Å². The first-order valence-corrected chi connectivity index (χ1v) is 5.23. The van der Waals surface area contributed by atoms with E-state index >= 15 is 0 Å². The van der Waals surface area contributed by atoms with Crippen LogP contribution in [0, 0.1) is 5.41 Å². The van der Waals surface area contributed by atoms with Crippen LogP contribution in [-0.4, -0.2) is 39.4 Å². The number of methoxy groups -OCH3 is 2. The van der Waals surface area contributed by atoms with Gasteiger partial charge >= 0.3 is 5.97 Å². The average Bonchev–Trinajstić information content (AvgIpc) is 2.26. The van der Waals surface area contributed by atoms with Crippen molar-refractivity contribution >= 4 is 5.97 Å². The van der Waals surface area contributed by atoms with Crippen molar-refractivity contribution in [1.82, 2.24) is 0 Å². The van der Waals surface area contributed by atoms with Crippen molar-refractivity contribution in [3.8, 4) is 0 Å². The fourth-order valence-electron chi connectivity index (χ4n) is 1.07. The first-order chi connectivity index (χ1) is 7.31. The van der Waals surface area contributed by atoms with Crippen LogP contribution in [0.1, 0.15) is 27.7 Å². The molecular formula is C11H22O5. The van der Waals surface area contributed by atoms with Gasteiger partial charge in [-0.25, -0.2) is 0 Å². The highest BCUT2D eigenvalue weighted by molar-refractivity contribution is 5.75. The lowest BCUT2D eigenvalue weighted by Gasteiger charge is -2.31. The monoisotopic (exact) mass is 234 g/mol. The molecule has 0 amide bonds. The van der Waals surface area contributed by atoms with Gasteiger partial charge in [0.1, 0.15) is 0 Å². The number of carbonyl (C=O) groups is 1. The SMILES string of the molecule is CCOC(C)(OC)OCC(C)(C)C(=O)OC. The number of esters is 1. The Kier molecular flexibility index (Phi) is 5.92. The quantitative estimate of drug-likeness (QED) is 0.494. The highest BCUT2D eigenvalue weighted by Gasteiger charge is 2.34. The second-order valence-corrected chi connectivity index (χ2v) is 4.16. The van der Waals surface area contributed by atoms with Gasteiger partial charge in [0.25, 0.3) is 5.97 Å². The van der Waals surface area contributed by atoms with E-state index in [9.17, 15) is 4.79 Å². The van der Waals surface area contributed by atoms with Gasteiger partial charge in [-0.1, -0.05) is 0 Å². The van der Waals surface area contributed by atoms with Crippen LogP contribution in [-0.2, 0) is 23.7 Å². The van der Waals surface area contributed by atoms with Crippen molar-refractivity contribution < 1.29 is 23.7 Å². The standard InChI is InChI=1S/C11H22O5/c1-7-15-11(4,14-6)16-8-10(2,3)9(12)13-5/h7-8H2,1-6H3. The molecule has 16 heavy (non-hydrogen) atoms. The first-order valence-electron chi connectivity index (χ1n) is 5.23. The molecule has 0 aliphatic rings. The molecule has 0 aliphatic carbocycles. The molecule has 0 aliphatic heterocycles. The molecular weight excluding hydrogens is 212 g/mol. The fourth-order valence-corrected chi connectivity index (χ4v) is 1.07. The molecule has 1 unspecified atom stereocenters. The van der Waals surface area contributed by atoms with E-state index in [2.05, 4.69) is 4.74 Å². The summed E-state index contributed by atoms with van der Waals surface area (Å²) in [5.41, 5.74) is -0.731. The molecule has 96 valence electrons. The Morgan fingerprint density at radius 1 is 1.12 bits per heavy atom. The zero-order chi connectivity index (χ0) is 12.8. The number of rotatable bonds is 7. The van der Waals surface area contributed by atoms with Gasteiger partial charge in [0.05, 0.1) is 19.1 Å². The van der Waals surface area contributed by atoms with E-state index in [-0.39, 0.29) is 12.6 Å². The number of hydrogen-bond acceptors (Lipinski definition) is 5. The summed E-state index contributed by atoms with van der Waals surface area (Å²) in [5.74, 6) is -1.46. The van der Waals surface area contributed by atoms with Gasteiger partial charge in [0.15, 0.2) is 0 Å². The number of ether oxygens (including phenoxy) is 4. The summed E-state index contributed by atoms with van der Waals surface area (Å²) in [5, 5.41) is 0. The van der Waals surface area contributed by atoms with E-state index < -0.39 is 11.4 Å². The highest BCUT2D eigenvalue weighted by atomic mass is 16.9. The normalized spacial score (nSPS) is 15.6. The molecule has 0 spiro atoms. The van der Waals surface area contributed by atoms with Crippen LogP contribution in [0.5, 0.6) is 0 Å². The van der Waals surface area contributed by atoms with Crippen LogP contribution >= 0.6 is 0 Å². The maximum atomic E-state index is 11.4. The topological polar surface area (TPSA) is 54.0 Å². The lowest BCUT2D eigenvalue weighted by molar-refractivity contribution is -0.364. The molecule has 0 aromatic heterocycles. The van der Waals surface area contributed by atoms with Gasteiger partial charge < -0.3 is 18.9 Å². The largest absolute Gasteiger partial charge is 0.469 e. The van der Waals surface area contributed by atoms with E-state index in [1.54, 1.807) is 20.8 Å². The Morgan fingerprint density at radius 3 is 2.06 bits per heavy atom. The Hall–Kier alpha value is -0.650. The van der Waals surface area contributed by atoms with Crippen LogP contribution in [0.4, 0.5) is 0 Å². The van der Waals surface area contributed by atoms with Gasteiger partial charge in [-0.3, -0.25) is 4.79 Å². The second kappa shape index (κ2) is 6.18. The molecule has 5 nitrogen and oxygen atoms in total. The van der Waals surface area contributed by atoms with Crippen molar-refractivity contribution in [3.63, 3.8) is 0 Å². The minimum absolute atomic E-state index is 0.157. The van der Waals surface area contributed by atoms with Gasteiger partial charge in [-0.2, -0.15) is 0 Å². The zero-order valence-corrected chi connectivity index (χ0v) is 11.0. The van der Waals surface area contributed by atoms with E-state index in [0.29, 0.717) is 6.61 Å². The molecule has 0 saturated carbocycles.